The molecule has 0 aliphatic carbocycles. The lowest BCUT2D eigenvalue weighted by atomic mass is 10.2. The minimum absolute atomic E-state index is 0.0737. The summed E-state index contributed by atoms with van der Waals surface area (Å²) in [6.07, 6.45) is 4.74. The van der Waals surface area contributed by atoms with Gasteiger partial charge in [0.15, 0.2) is 4.96 Å². The Labute approximate surface area is 202 Å². The van der Waals surface area contributed by atoms with Gasteiger partial charge in [0.25, 0.3) is 0 Å². The molecule has 1 aliphatic heterocycles. The van der Waals surface area contributed by atoms with Crippen molar-refractivity contribution in [2.45, 2.75) is 32.3 Å². The molecule has 34 heavy (non-hydrogen) atoms. The normalized spacial score (nSPS) is 15.6. The van der Waals surface area contributed by atoms with E-state index in [0.29, 0.717) is 19.5 Å². The Morgan fingerprint density at radius 1 is 1.24 bits per heavy atom. The number of amides is 2. The summed E-state index contributed by atoms with van der Waals surface area (Å²) in [5.41, 5.74) is 4.70. The highest BCUT2D eigenvalue weighted by Gasteiger charge is 2.23. The fourth-order valence-electron chi connectivity index (χ4n) is 4.17. The highest BCUT2D eigenvalue weighted by Crippen LogP contribution is 2.24. The molecule has 0 spiro atoms. The summed E-state index contributed by atoms with van der Waals surface area (Å²) in [6.45, 7) is 3.90. The number of carbonyl (C=O) groups is 1. The predicted molar refractivity (Wildman–Crippen MR) is 133 cm³/mol. The zero-order valence-electron chi connectivity index (χ0n) is 19.0. The lowest BCUT2D eigenvalue weighted by Crippen LogP contribution is -2.41. The maximum atomic E-state index is 13.3. The van der Waals surface area contributed by atoms with Crippen LogP contribution in [0.1, 0.15) is 24.1 Å². The largest absolute Gasteiger partial charge is 0.376 e. The number of ether oxygens (including phenoxy) is 1. The number of hydrogen-bond donors (Lipinski definition) is 1. The second-order valence-corrected chi connectivity index (χ2v) is 9.48. The molecule has 4 aromatic rings. The first-order chi connectivity index (χ1) is 16.5. The summed E-state index contributed by atoms with van der Waals surface area (Å²) in [5.74, 6) is -0.263. The lowest BCUT2D eigenvalue weighted by Gasteiger charge is -2.25. The number of nitrogens with zero attached hydrogens (tertiary/aromatic N) is 3. The zero-order valence-corrected chi connectivity index (χ0v) is 19.9. The number of halogens is 1. The molecule has 0 bridgehead atoms. The standard InChI is InChI=1S/C26H27FN4O2S/c1-18-4-10-21(11-5-18)28-25(32)30(15-23-3-2-14-33-23)13-12-22-17-34-26-29-24(16-31(22)26)19-6-8-20(27)9-7-19/h4-11,16-17,23H,2-3,12-15H2,1H3,(H,28,32). The van der Waals surface area contributed by atoms with Gasteiger partial charge in [0.1, 0.15) is 5.82 Å². The maximum absolute atomic E-state index is 13.3. The molecular weight excluding hydrogens is 451 g/mol. The summed E-state index contributed by atoms with van der Waals surface area (Å²) in [5, 5.41) is 5.11. The molecule has 8 heteroatoms. The van der Waals surface area contributed by atoms with Crippen molar-refractivity contribution in [1.29, 1.82) is 0 Å². The second-order valence-electron chi connectivity index (χ2n) is 8.64. The first-order valence-electron chi connectivity index (χ1n) is 11.5. The molecular formula is C26H27FN4O2S. The van der Waals surface area contributed by atoms with E-state index in [0.717, 1.165) is 52.6 Å². The number of hydrogen-bond acceptors (Lipinski definition) is 4. The molecule has 2 aromatic heterocycles. The second kappa shape index (κ2) is 9.95. The average molecular weight is 479 g/mol. The molecule has 1 saturated heterocycles. The van der Waals surface area contributed by atoms with Crippen LogP contribution in [0.3, 0.4) is 0 Å². The monoisotopic (exact) mass is 478 g/mol. The van der Waals surface area contributed by atoms with Crippen LogP contribution in [0.5, 0.6) is 0 Å². The smallest absolute Gasteiger partial charge is 0.321 e. The van der Waals surface area contributed by atoms with Gasteiger partial charge >= 0.3 is 6.03 Å². The Balaban J connectivity index is 1.31. The van der Waals surface area contributed by atoms with E-state index in [2.05, 4.69) is 20.1 Å². The van der Waals surface area contributed by atoms with Gasteiger partial charge in [0.2, 0.25) is 0 Å². The van der Waals surface area contributed by atoms with Gasteiger partial charge in [-0.3, -0.25) is 4.40 Å². The van der Waals surface area contributed by atoms with Crippen molar-refractivity contribution in [3.05, 3.63) is 77.2 Å². The number of anilines is 1. The number of urea groups is 1. The molecule has 1 atom stereocenters. The van der Waals surface area contributed by atoms with Crippen LogP contribution in [0.2, 0.25) is 0 Å². The van der Waals surface area contributed by atoms with E-state index in [9.17, 15) is 9.18 Å². The van der Waals surface area contributed by atoms with Crippen LogP contribution in [-0.2, 0) is 11.2 Å². The van der Waals surface area contributed by atoms with Gasteiger partial charge in [-0.05, 0) is 56.2 Å². The summed E-state index contributed by atoms with van der Waals surface area (Å²) in [7, 11) is 0. The number of aryl methyl sites for hydroxylation is 1. The van der Waals surface area contributed by atoms with Gasteiger partial charge in [-0.25, -0.2) is 14.2 Å². The first-order valence-corrected chi connectivity index (χ1v) is 12.4. The van der Waals surface area contributed by atoms with Crippen LogP contribution in [0.4, 0.5) is 14.9 Å². The maximum Gasteiger partial charge on any atom is 0.321 e. The third-order valence-electron chi connectivity index (χ3n) is 6.10. The Kier molecular flexibility index (Phi) is 6.60. The lowest BCUT2D eigenvalue weighted by molar-refractivity contribution is 0.0838. The summed E-state index contributed by atoms with van der Waals surface area (Å²) in [6, 6.07) is 14.0. The van der Waals surface area contributed by atoms with Gasteiger partial charge in [0.05, 0.1) is 11.8 Å². The average Bonchev–Trinajstić information content (AvgIpc) is 3.57. The Bertz CT molecular complexity index is 1260. The zero-order chi connectivity index (χ0) is 23.5. The molecule has 1 N–H and O–H groups in total. The van der Waals surface area contributed by atoms with E-state index in [1.807, 2.05) is 42.3 Å². The Morgan fingerprint density at radius 2 is 2.03 bits per heavy atom. The van der Waals surface area contributed by atoms with Gasteiger partial charge < -0.3 is 15.0 Å². The van der Waals surface area contributed by atoms with Crippen LogP contribution in [0.15, 0.2) is 60.1 Å². The van der Waals surface area contributed by atoms with Gasteiger partial charge in [-0.2, -0.15) is 0 Å². The third kappa shape index (κ3) is 5.13. The van der Waals surface area contributed by atoms with Gasteiger partial charge in [-0.15, -0.1) is 11.3 Å². The van der Waals surface area contributed by atoms with Crippen LogP contribution in [-0.4, -0.2) is 46.1 Å². The van der Waals surface area contributed by atoms with Crippen molar-refractivity contribution in [3.8, 4) is 11.3 Å². The molecule has 176 valence electrons. The number of thiazole rings is 1. The van der Waals surface area contributed by atoms with E-state index < -0.39 is 0 Å². The van der Waals surface area contributed by atoms with E-state index in [1.54, 1.807) is 23.5 Å². The molecule has 1 aliphatic rings. The van der Waals surface area contributed by atoms with E-state index in [1.165, 1.54) is 12.1 Å². The van der Waals surface area contributed by atoms with Crippen molar-refractivity contribution in [2.75, 3.05) is 25.0 Å². The molecule has 5 rings (SSSR count). The predicted octanol–water partition coefficient (Wildman–Crippen LogP) is 5.77. The Morgan fingerprint density at radius 3 is 2.76 bits per heavy atom. The van der Waals surface area contributed by atoms with Crippen molar-refractivity contribution >= 4 is 28.0 Å². The van der Waals surface area contributed by atoms with Crippen molar-refractivity contribution in [3.63, 3.8) is 0 Å². The molecule has 1 fully saturated rings. The van der Waals surface area contributed by atoms with Crippen LogP contribution >= 0.6 is 11.3 Å². The van der Waals surface area contributed by atoms with Gasteiger partial charge in [0, 0.05) is 54.6 Å². The van der Waals surface area contributed by atoms with Crippen molar-refractivity contribution in [2.24, 2.45) is 0 Å². The van der Waals surface area contributed by atoms with Crippen molar-refractivity contribution in [1.82, 2.24) is 14.3 Å². The number of carbonyl (C=O) groups excluding carboxylic acids is 1. The molecule has 6 nitrogen and oxygen atoms in total. The van der Waals surface area contributed by atoms with Crippen LogP contribution in [0, 0.1) is 12.7 Å². The molecule has 2 aromatic carbocycles. The third-order valence-corrected chi connectivity index (χ3v) is 6.99. The van der Waals surface area contributed by atoms with Crippen LogP contribution < -0.4 is 5.32 Å². The van der Waals surface area contributed by atoms with E-state index in [-0.39, 0.29) is 18.0 Å². The number of benzene rings is 2. The molecule has 2 amide bonds. The van der Waals surface area contributed by atoms with E-state index in [4.69, 9.17) is 4.74 Å². The fraction of sp³-hybridized carbons (Fsp3) is 0.308. The SMILES string of the molecule is Cc1ccc(NC(=O)N(CCc2csc3nc(-c4ccc(F)cc4)cn23)CC2CCCO2)cc1. The van der Waals surface area contributed by atoms with Gasteiger partial charge in [-0.1, -0.05) is 17.7 Å². The Hall–Kier alpha value is -3.23. The number of nitrogens with one attached hydrogen (secondary N) is 1. The molecule has 0 saturated carbocycles. The minimum Gasteiger partial charge on any atom is -0.376 e. The highest BCUT2D eigenvalue weighted by molar-refractivity contribution is 7.15. The van der Waals surface area contributed by atoms with Crippen LogP contribution in [0.25, 0.3) is 16.2 Å². The molecule has 0 radical (unpaired) electrons. The quantitative estimate of drug-likeness (QED) is 0.367. The first kappa shape index (κ1) is 22.6. The molecule has 1 unspecified atom stereocenters. The number of rotatable bonds is 7. The number of imidazole rings is 1. The fourth-order valence-corrected chi connectivity index (χ4v) is 5.08. The summed E-state index contributed by atoms with van der Waals surface area (Å²) < 4.78 is 21.2. The topological polar surface area (TPSA) is 58.9 Å². The summed E-state index contributed by atoms with van der Waals surface area (Å²) in [4.78, 5) is 20.5. The number of aromatic nitrogens is 2. The van der Waals surface area contributed by atoms with E-state index >= 15 is 0 Å². The summed E-state index contributed by atoms with van der Waals surface area (Å²) >= 11 is 1.56. The van der Waals surface area contributed by atoms with Crippen molar-refractivity contribution < 1.29 is 13.9 Å². The molecule has 3 heterocycles. The highest BCUT2D eigenvalue weighted by atomic mass is 32.1. The minimum atomic E-state index is -0.263. The number of fused-ring (bicyclic) bond motifs is 1.